The van der Waals surface area contributed by atoms with Crippen LogP contribution in [0.2, 0.25) is 0 Å². The number of nitrogens with one attached hydrogen (secondary N) is 1. The van der Waals surface area contributed by atoms with Crippen molar-refractivity contribution in [2.75, 3.05) is 6.61 Å². The van der Waals surface area contributed by atoms with E-state index in [9.17, 15) is 4.79 Å². The molecule has 1 aliphatic heterocycles. The molecule has 0 aromatic carbocycles. The third-order valence-corrected chi connectivity index (χ3v) is 4.48. The van der Waals surface area contributed by atoms with Gasteiger partial charge in [0.05, 0.1) is 17.7 Å². The summed E-state index contributed by atoms with van der Waals surface area (Å²) < 4.78 is 13.1. The number of rotatable bonds is 4. The third kappa shape index (κ3) is 3.03. The Labute approximate surface area is 135 Å². The summed E-state index contributed by atoms with van der Waals surface area (Å²) in [4.78, 5) is 12.7. The molecule has 1 unspecified atom stereocenters. The van der Waals surface area contributed by atoms with E-state index < -0.39 is 0 Å². The minimum atomic E-state index is -0.234. The van der Waals surface area contributed by atoms with E-state index >= 15 is 0 Å². The Hall–Kier alpha value is -2.08. The largest absolute Gasteiger partial charge is 0.466 e. The Balaban J connectivity index is 1.72. The summed E-state index contributed by atoms with van der Waals surface area (Å²) in [6.07, 6.45) is 2.21. The lowest BCUT2D eigenvalue weighted by Crippen LogP contribution is -2.34. The van der Waals surface area contributed by atoms with Crippen LogP contribution in [-0.2, 0) is 16.6 Å². The maximum absolute atomic E-state index is 12.7. The van der Waals surface area contributed by atoms with Crippen LogP contribution in [0.3, 0.4) is 0 Å². The molecule has 23 heavy (non-hydrogen) atoms. The zero-order valence-corrected chi connectivity index (χ0v) is 14.0. The molecule has 6 nitrogen and oxygen atoms in total. The summed E-state index contributed by atoms with van der Waals surface area (Å²) in [6, 6.07) is 3.79. The van der Waals surface area contributed by atoms with Crippen molar-refractivity contribution in [3.05, 3.63) is 41.1 Å². The van der Waals surface area contributed by atoms with Gasteiger partial charge in [-0.25, -0.2) is 0 Å². The Morgan fingerprint density at radius 1 is 1.48 bits per heavy atom. The van der Waals surface area contributed by atoms with Crippen LogP contribution in [0.25, 0.3) is 0 Å². The Morgan fingerprint density at radius 3 is 2.87 bits per heavy atom. The first kappa shape index (κ1) is 15.8. The molecule has 3 heterocycles. The number of aromatic nitrogens is 2. The summed E-state index contributed by atoms with van der Waals surface area (Å²) >= 11 is 0. The van der Waals surface area contributed by atoms with E-state index in [2.05, 4.69) is 10.4 Å². The minimum absolute atomic E-state index is 0.0134. The number of amides is 1. The van der Waals surface area contributed by atoms with Gasteiger partial charge in [0.1, 0.15) is 17.6 Å². The fourth-order valence-corrected chi connectivity index (χ4v) is 3.29. The van der Waals surface area contributed by atoms with Crippen LogP contribution >= 0.6 is 0 Å². The summed E-state index contributed by atoms with van der Waals surface area (Å²) in [5, 5.41) is 7.27. The lowest BCUT2D eigenvalue weighted by atomic mass is 9.97. The van der Waals surface area contributed by atoms with Gasteiger partial charge in [-0.2, -0.15) is 5.10 Å². The topological polar surface area (TPSA) is 69.3 Å². The fraction of sp³-hybridized carbons (Fsp3) is 0.529. The summed E-state index contributed by atoms with van der Waals surface area (Å²) in [5.74, 6) is 1.53. The lowest BCUT2D eigenvalue weighted by Gasteiger charge is -2.21. The molecule has 3 rings (SSSR count). The monoisotopic (exact) mass is 317 g/mol. The SMILES string of the molecule is Cc1cc(C(C)NC(=O)[C@@H]2CCO[C@H]2c2ccnn2C)c(C)o1. The van der Waals surface area contributed by atoms with Crippen LogP contribution in [0.15, 0.2) is 22.7 Å². The van der Waals surface area contributed by atoms with Crippen LogP contribution in [-0.4, -0.2) is 22.3 Å². The summed E-state index contributed by atoms with van der Waals surface area (Å²) in [7, 11) is 1.87. The number of hydrogen-bond donors (Lipinski definition) is 1. The van der Waals surface area contributed by atoms with Crippen LogP contribution < -0.4 is 5.32 Å². The van der Waals surface area contributed by atoms with Crippen molar-refractivity contribution < 1.29 is 13.9 Å². The third-order valence-electron chi connectivity index (χ3n) is 4.48. The van der Waals surface area contributed by atoms with Gasteiger partial charge in [0.2, 0.25) is 5.91 Å². The van der Waals surface area contributed by atoms with E-state index in [4.69, 9.17) is 9.15 Å². The van der Waals surface area contributed by atoms with E-state index in [0.29, 0.717) is 6.61 Å². The van der Waals surface area contributed by atoms with Gasteiger partial charge < -0.3 is 14.5 Å². The predicted octanol–water partition coefficient (Wildman–Crippen LogP) is 2.58. The molecular weight excluding hydrogens is 294 g/mol. The molecule has 0 saturated carbocycles. The van der Waals surface area contributed by atoms with Crippen molar-refractivity contribution in [2.24, 2.45) is 13.0 Å². The van der Waals surface area contributed by atoms with Crippen molar-refractivity contribution in [1.82, 2.24) is 15.1 Å². The highest BCUT2D eigenvalue weighted by atomic mass is 16.5. The number of carbonyl (C=O) groups is 1. The van der Waals surface area contributed by atoms with Gasteiger partial charge in [0, 0.05) is 25.4 Å². The van der Waals surface area contributed by atoms with Crippen LogP contribution in [0.5, 0.6) is 0 Å². The van der Waals surface area contributed by atoms with Gasteiger partial charge in [-0.15, -0.1) is 0 Å². The predicted molar refractivity (Wildman–Crippen MR) is 84.7 cm³/mol. The van der Waals surface area contributed by atoms with Crippen LogP contribution in [0.1, 0.15) is 48.3 Å². The molecule has 1 saturated heterocycles. The number of furan rings is 1. The standard InChI is InChI=1S/C17H23N3O3/c1-10-9-14(12(3)23-10)11(2)19-17(21)13-6-8-22-16(13)15-5-7-18-20(15)4/h5,7,9,11,13,16H,6,8H2,1-4H3,(H,19,21)/t11?,13-,16-/m1/s1. The fourth-order valence-electron chi connectivity index (χ4n) is 3.29. The van der Waals surface area contributed by atoms with E-state index in [1.165, 1.54) is 0 Å². The average Bonchev–Trinajstić information content (AvgIpc) is 3.18. The Bertz CT molecular complexity index is 704. The second-order valence-corrected chi connectivity index (χ2v) is 6.17. The van der Waals surface area contributed by atoms with Gasteiger partial charge in [0.15, 0.2) is 0 Å². The molecule has 1 amide bonds. The highest BCUT2D eigenvalue weighted by Gasteiger charge is 2.37. The molecular formula is C17H23N3O3. The zero-order valence-electron chi connectivity index (χ0n) is 14.0. The van der Waals surface area contributed by atoms with E-state index in [1.54, 1.807) is 10.9 Å². The quantitative estimate of drug-likeness (QED) is 0.941. The maximum Gasteiger partial charge on any atom is 0.226 e. The van der Waals surface area contributed by atoms with Crippen molar-refractivity contribution >= 4 is 5.91 Å². The molecule has 0 bridgehead atoms. The van der Waals surface area contributed by atoms with Gasteiger partial charge >= 0.3 is 0 Å². The molecule has 2 aromatic heterocycles. The van der Waals surface area contributed by atoms with Crippen LogP contribution in [0, 0.1) is 19.8 Å². The zero-order chi connectivity index (χ0) is 16.6. The van der Waals surface area contributed by atoms with E-state index in [-0.39, 0.29) is 24.0 Å². The van der Waals surface area contributed by atoms with Crippen molar-refractivity contribution in [3.8, 4) is 0 Å². The van der Waals surface area contributed by atoms with Crippen molar-refractivity contribution in [2.45, 2.75) is 39.3 Å². The molecule has 3 atom stereocenters. The van der Waals surface area contributed by atoms with Crippen LogP contribution in [0.4, 0.5) is 0 Å². The molecule has 124 valence electrons. The molecule has 1 aliphatic rings. The summed E-state index contributed by atoms with van der Waals surface area (Å²) in [6.45, 7) is 6.40. The van der Waals surface area contributed by atoms with E-state index in [0.717, 1.165) is 29.2 Å². The molecule has 0 radical (unpaired) electrons. The normalized spacial score (nSPS) is 22.3. The molecule has 0 spiro atoms. The Morgan fingerprint density at radius 2 is 2.26 bits per heavy atom. The number of carbonyl (C=O) groups excluding carboxylic acids is 1. The maximum atomic E-state index is 12.7. The minimum Gasteiger partial charge on any atom is -0.466 e. The lowest BCUT2D eigenvalue weighted by molar-refractivity contribution is -0.127. The van der Waals surface area contributed by atoms with Gasteiger partial charge in [-0.05, 0) is 39.3 Å². The first-order valence-electron chi connectivity index (χ1n) is 7.94. The smallest absolute Gasteiger partial charge is 0.226 e. The number of aryl methyl sites for hydroxylation is 3. The first-order valence-corrected chi connectivity index (χ1v) is 7.94. The number of hydrogen-bond acceptors (Lipinski definition) is 4. The molecule has 6 heteroatoms. The highest BCUT2D eigenvalue weighted by Crippen LogP contribution is 2.35. The molecule has 0 aliphatic carbocycles. The molecule has 1 fully saturated rings. The van der Waals surface area contributed by atoms with Gasteiger partial charge in [-0.3, -0.25) is 9.48 Å². The molecule has 2 aromatic rings. The van der Waals surface area contributed by atoms with Gasteiger partial charge in [0.25, 0.3) is 0 Å². The average molecular weight is 317 g/mol. The number of ether oxygens (including phenoxy) is 1. The second-order valence-electron chi connectivity index (χ2n) is 6.17. The first-order chi connectivity index (χ1) is 11.0. The Kier molecular flexibility index (Phi) is 4.26. The number of nitrogens with zero attached hydrogens (tertiary/aromatic N) is 2. The van der Waals surface area contributed by atoms with E-state index in [1.807, 2.05) is 40.0 Å². The summed E-state index contributed by atoms with van der Waals surface area (Å²) in [5.41, 5.74) is 1.96. The second kappa shape index (κ2) is 6.20. The van der Waals surface area contributed by atoms with Crippen molar-refractivity contribution in [3.63, 3.8) is 0 Å². The van der Waals surface area contributed by atoms with Crippen molar-refractivity contribution in [1.29, 1.82) is 0 Å². The highest BCUT2D eigenvalue weighted by molar-refractivity contribution is 5.80. The van der Waals surface area contributed by atoms with Gasteiger partial charge in [-0.1, -0.05) is 0 Å². The molecule has 1 N–H and O–H groups in total.